The number of amides is 1. The Kier molecular flexibility index (Phi) is 5.45. The molecule has 128 valence electrons. The molecule has 2 aromatic carbocycles. The van der Waals surface area contributed by atoms with Crippen molar-refractivity contribution < 1.29 is 13.9 Å². The first kappa shape index (κ1) is 17.2. The van der Waals surface area contributed by atoms with E-state index in [-0.39, 0.29) is 18.6 Å². The van der Waals surface area contributed by atoms with Gasteiger partial charge in [0.15, 0.2) is 6.61 Å². The maximum Gasteiger partial charge on any atom is 0.258 e. The second-order valence-electron chi connectivity index (χ2n) is 5.40. The van der Waals surface area contributed by atoms with Gasteiger partial charge in [-0.05, 0) is 48.9 Å². The molecule has 0 saturated heterocycles. The molecule has 1 atom stereocenters. The Morgan fingerprint density at radius 2 is 1.92 bits per heavy atom. The molecule has 1 heterocycles. The SMILES string of the molecule is CC(NC(=O)COc1ccc(-c2nnco2)cc1)c1ccc(Br)cc1. The lowest BCUT2D eigenvalue weighted by Crippen LogP contribution is -2.31. The minimum absolute atomic E-state index is 0.0548. The summed E-state index contributed by atoms with van der Waals surface area (Å²) < 4.78 is 11.6. The van der Waals surface area contributed by atoms with Crippen molar-refractivity contribution in [3.8, 4) is 17.2 Å². The Bertz CT molecular complexity index is 818. The summed E-state index contributed by atoms with van der Waals surface area (Å²) >= 11 is 3.39. The van der Waals surface area contributed by atoms with Gasteiger partial charge in [-0.25, -0.2) is 0 Å². The van der Waals surface area contributed by atoms with E-state index in [4.69, 9.17) is 9.15 Å². The van der Waals surface area contributed by atoms with Crippen LogP contribution in [-0.4, -0.2) is 22.7 Å². The standard InChI is InChI=1S/C18H16BrN3O3/c1-12(13-2-6-15(19)7-3-13)21-17(23)10-24-16-8-4-14(5-9-16)18-22-20-11-25-18/h2-9,11-12H,10H2,1H3,(H,21,23). The normalized spacial score (nSPS) is 11.8. The highest BCUT2D eigenvalue weighted by atomic mass is 79.9. The van der Waals surface area contributed by atoms with Gasteiger partial charge in [0, 0.05) is 10.0 Å². The van der Waals surface area contributed by atoms with Crippen LogP contribution in [0.25, 0.3) is 11.5 Å². The van der Waals surface area contributed by atoms with E-state index >= 15 is 0 Å². The van der Waals surface area contributed by atoms with E-state index in [2.05, 4.69) is 31.4 Å². The van der Waals surface area contributed by atoms with Gasteiger partial charge in [-0.3, -0.25) is 4.79 Å². The zero-order valence-electron chi connectivity index (χ0n) is 13.5. The number of carbonyl (C=O) groups excluding carboxylic acids is 1. The van der Waals surface area contributed by atoms with Crippen molar-refractivity contribution >= 4 is 21.8 Å². The summed E-state index contributed by atoms with van der Waals surface area (Å²) in [6.07, 6.45) is 1.27. The van der Waals surface area contributed by atoms with Gasteiger partial charge in [-0.1, -0.05) is 28.1 Å². The smallest absolute Gasteiger partial charge is 0.258 e. The minimum atomic E-state index is -0.184. The number of benzene rings is 2. The molecule has 25 heavy (non-hydrogen) atoms. The molecule has 0 aliphatic rings. The fourth-order valence-corrected chi connectivity index (χ4v) is 2.52. The second kappa shape index (κ2) is 7.94. The number of nitrogens with zero attached hydrogens (tertiary/aromatic N) is 2. The summed E-state index contributed by atoms with van der Waals surface area (Å²) in [6, 6.07) is 14.8. The van der Waals surface area contributed by atoms with E-state index < -0.39 is 0 Å². The fourth-order valence-electron chi connectivity index (χ4n) is 2.26. The molecule has 1 unspecified atom stereocenters. The van der Waals surface area contributed by atoms with Crippen LogP contribution in [0.2, 0.25) is 0 Å². The van der Waals surface area contributed by atoms with Crippen LogP contribution in [0.3, 0.4) is 0 Å². The van der Waals surface area contributed by atoms with Crippen LogP contribution in [0.5, 0.6) is 5.75 Å². The number of carbonyl (C=O) groups is 1. The molecule has 0 bridgehead atoms. The number of aromatic nitrogens is 2. The zero-order valence-corrected chi connectivity index (χ0v) is 15.1. The van der Waals surface area contributed by atoms with Crippen molar-refractivity contribution in [1.29, 1.82) is 0 Å². The highest BCUT2D eigenvalue weighted by Gasteiger charge is 2.10. The van der Waals surface area contributed by atoms with Gasteiger partial charge >= 0.3 is 0 Å². The Labute approximate surface area is 153 Å². The lowest BCUT2D eigenvalue weighted by Gasteiger charge is -2.15. The predicted octanol–water partition coefficient (Wildman–Crippen LogP) is 3.76. The van der Waals surface area contributed by atoms with Crippen LogP contribution in [0.4, 0.5) is 0 Å². The third kappa shape index (κ3) is 4.67. The summed E-state index contributed by atoms with van der Waals surface area (Å²) in [5, 5.41) is 10.4. The van der Waals surface area contributed by atoms with E-state index in [0.717, 1.165) is 15.6 Å². The van der Waals surface area contributed by atoms with Gasteiger partial charge in [0.1, 0.15) is 5.75 Å². The van der Waals surface area contributed by atoms with Crippen LogP contribution < -0.4 is 10.1 Å². The van der Waals surface area contributed by atoms with Crippen LogP contribution >= 0.6 is 15.9 Å². The number of rotatable bonds is 6. The number of hydrogen-bond donors (Lipinski definition) is 1. The molecule has 1 N–H and O–H groups in total. The summed E-state index contributed by atoms with van der Waals surface area (Å²) in [6.45, 7) is 1.88. The van der Waals surface area contributed by atoms with Gasteiger partial charge in [-0.2, -0.15) is 0 Å². The molecule has 6 nitrogen and oxygen atoms in total. The van der Waals surface area contributed by atoms with E-state index in [1.54, 1.807) is 24.3 Å². The predicted molar refractivity (Wildman–Crippen MR) is 95.9 cm³/mol. The van der Waals surface area contributed by atoms with E-state index in [9.17, 15) is 4.79 Å². The van der Waals surface area contributed by atoms with Crippen LogP contribution in [0.15, 0.2) is 63.8 Å². The van der Waals surface area contributed by atoms with Crippen molar-refractivity contribution in [3.63, 3.8) is 0 Å². The summed E-state index contributed by atoms with van der Waals surface area (Å²) in [5.41, 5.74) is 1.82. The van der Waals surface area contributed by atoms with Crippen LogP contribution in [-0.2, 0) is 4.79 Å². The number of ether oxygens (including phenoxy) is 1. The molecule has 0 spiro atoms. The largest absolute Gasteiger partial charge is 0.484 e. The van der Waals surface area contributed by atoms with Crippen molar-refractivity contribution in [3.05, 3.63) is 65.0 Å². The molecule has 0 aliphatic carbocycles. The Morgan fingerprint density at radius 1 is 1.20 bits per heavy atom. The van der Waals surface area contributed by atoms with Gasteiger partial charge < -0.3 is 14.5 Å². The van der Waals surface area contributed by atoms with E-state index in [1.165, 1.54) is 6.39 Å². The molecule has 0 saturated carbocycles. The molecule has 0 fully saturated rings. The van der Waals surface area contributed by atoms with Gasteiger partial charge in [0.2, 0.25) is 12.3 Å². The summed E-state index contributed by atoms with van der Waals surface area (Å²) in [5.74, 6) is 0.846. The molecule has 0 radical (unpaired) electrons. The van der Waals surface area contributed by atoms with E-state index in [0.29, 0.717) is 11.6 Å². The van der Waals surface area contributed by atoms with Crippen molar-refractivity contribution in [2.75, 3.05) is 6.61 Å². The van der Waals surface area contributed by atoms with Crippen molar-refractivity contribution in [2.45, 2.75) is 13.0 Å². The maximum atomic E-state index is 12.0. The van der Waals surface area contributed by atoms with Crippen LogP contribution in [0, 0.1) is 0 Å². The quantitative estimate of drug-likeness (QED) is 0.680. The van der Waals surface area contributed by atoms with Crippen molar-refractivity contribution in [2.24, 2.45) is 0 Å². The minimum Gasteiger partial charge on any atom is -0.484 e. The van der Waals surface area contributed by atoms with Gasteiger partial charge in [-0.15, -0.1) is 10.2 Å². The average Bonchev–Trinajstić information content (AvgIpc) is 3.15. The molecule has 3 aromatic rings. The fraction of sp³-hybridized carbons (Fsp3) is 0.167. The molecule has 0 aliphatic heterocycles. The lowest BCUT2D eigenvalue weighted by molar-refractivity contribution is -0.123. The number of hydrogen-bond acceptors (Lipinski definition) is 5. The molecule has 3 rings (SSSR count). The van der Waals surface area contributed by atoms with Gasteiger partial charge in [0.25, 0.3) is 5.91 Å². The maximum absolute atomic E-state index is 12.0. The third-order valence-corrected chi connectivity index (χ3v) is 4.11. The first-order valence-corrected chi connectivity index (χ1v) is 8.45. The molecular formula is C18H16BrN3O3. The summed E-state index contributed by atoms with van der Waals surface area (Å²) in [7, 11) is 0. The average molecular weight is 402 g/mol. The first-order valence-electron chi connectivity index (χ1n) is 7.66. The molecule has 1 aromatic heterocycles. The first-order chi connectivity index (χ1) is 12.1. The zero-order chi connectivity index (χ0) is 17.6. The molecule has 7 heteroatoms. The molecular weight excluding hydrogens is 386 g/mol. The topological polar surface area (TPSA) is 77.2 Å². The number of nitrogens with one attached hydrogen (secondary N) is 1. The Morgan fingerprint density at radius 3 is 2.56 bits per heavy atom. The van der Waals surface area contributed by atoms with Gasteiger partial charge in [0.05, 0.1) is 6.04 Å². The monoisotopic (exact) mass is 401 g/mol. The van der Waals surface area contributed by atoms with Crippen LogP contribution in [0.1, 0.15) is 18.5 Å². The van der Waals surface area contributed by atoms with Crippen molar-refractivity contribution in [1.82, 2.24) is 15.5 Å². The Hall–Kier alpha value is -2.67. The Balaban J connectivity index is 1.51. The second-order valence-corrected chi connectivity index (χ2v) is 6.31. The third-order valence-electron chi connectivity index (χ3n) is 3.58. The highest BCUT2D eigenvalue weighted by Crippen LogP contribution is 2.20. The highest BCUT2D eigenvalue weighted by molar-refractivity contribution is 9.10. The summed E-state index contributed by atoms with van der Waals surface area (Å²) in [4.78, 5) is 12.0. The molecule has 1 amide bonds. The number of halogens is 1. The lowest BCUT2D eigenvalue weighted by atomic mass is 10.1. The van der Waals surface area contributed by atoms with E-state index in [1.807, 2.05) is 31.2 Å².